The average molecular weight is 717 g/mol. The van der Waals surface area contributed by atoms with Gasteiger partial charge in [0.2, 0.25) is 0 Å². The Balaban J connectivity index is 1.08. The molecule has 0 bridgehead atoms. The Labute approximate surface area is 329 Å². The van der Waals surface area contributed by atoms with Crippen molar-refractivity contribution in [2.75, 3.05) is 6.54 Å². The number of fused-ring (bicyclic) bond motifs is 3. The summed E-state index contributed by atoms with van der Waals surface area (Å²) >= 11 is 0. The van der Waals surface area contributed by atoms with Crippen LogP contribution in [0.25, 0.3) is 78.4 Å². The van der Waals surface area contributed by atoms with Crippen molar-refractivity contribution in [2.45, 2.75) is 6.42 Å². The molecular weight excluding hydrogens is 677 g/mol. The lowest BCUT2D eigenvalue weighted by Gasteiger charge is -2.27. The number of hydrogen-bond acceptors (Lipinski definition) is 2. The van der Waals surface area contributed by atoms with Gasteiger partial charge in [-0.1, -0.05) is 127 Å². The van der Waals surface area contributed by atoms with E-state index in [-0.39, 0.29) is 0 Å². The van der Waals surface area contributed by atoms with Crippen molar-refractivity contribution in [3.63, 3.8) is 0 Å². The van der Waals surface area contributed by atoms with Gasteiger partial charge in [0.05, 0.1) is 0 Å². The number of aromatic nitrogens is 1. The molecule has 0 fully saturated rings. The molecule has 2 heteroatoms. The van der Waals surface area contributed by atoms with Crippen LogP contribution in [0.4, 0.5) is 0 Å². The normalized spacial score (nSPS) is 15.5. The molecule has 2 aliphatic carbocycles. The third-order valence-corrected chi connectivity index (χ3v) is 11.3. The molecule has 3 aliphatic rings. The van der Waals surface area contributed by atoms with E-state index in [4.69, 9.17) is 0 Å². The second-order valence-corrected chi connectivity index (χ2v) is 14.8. The number of benzene rings is 6. The minimum atomic E-state index is 0.402. The van der Waals surface area contributed by atoms with Gasteiger partial charge in [0.1, 0.15) is 0 Å². The molecule has 2 heterocycles. The Morgan fingerprint density at radius 3 is 1.61 bits per heavy atom. The summed E-state index contributed by atoms with van der Waals surface area (Å²) < 4.78 is 0. The molecule has 0 amide bonds. The summed E-state index contributed by atoms with van der Waals surface area (Å²) in [6, 6.07) is 55.8. The van der Waals surface area contributed by atoms with E-state index < -0.39 is 0 Å². The summed E-state index contributed by atoms with van der Waals surface area (Å²) in [4.78, 5) is 4.22. The minimum Gasteiger partial charge on any atom is -0.387 e. The summed E-state index contributed by atoms with van der Waals surface area (Å²) in [7, 11) is 0. The molecule has 0 saturated carbocycles. The first-order valence-electron chi connectivity index (χ1n) is 19.5. The Bertz CT molecular complexity index is 2780. The van der Waals surface area contributed by atoms with Gasteiger partial charge in [0, 0.05) is 24.9 Å². The maximum Gasteiger partial charge on any atom is 0.0334 e. The summed E-state index contributed by atoms with van der Waals surface area (Å²) in [6.07, 6.45) is 20.7. The van der Waals surface area contributed by atoms with Crippen molar-refractivity contribution in [1.82, 2.24) is 10.3 Å². The number of rotatable bonds is 7. The van der Waals surface area contributed by atoms with E-state index in [1.807, 2.05) is 18.6 Å². The van der Waals surface area contributed by atoms with Gasteiger partial charge in [-0.15, -0.1) is 0 Å². The molecule has 7 aromatic rings. The van der Waals surface area contributed by atoms with Crippen LogP contribution in [0.1, 0.15) is 28.7 Å². The van der Waals surface area contributed by atoms with Crippen LogP contribution in [-0.2, 0) is 0 Å². The van der Waals surface area contributed by atoms with Crippen LogP contribution < -0.4 is 5.32 Å². The standard InChI is InChI=1S/C54H40N2/c1-2-16-53-39(7-1)17-18-40-19-20-49(36-54(40)53)52-34-50(47-14-5-12-45(31-47)43-10-3-8-41(29-43)37-21-25-55-26-22-37)33-51(35-52)48-15-6-13-46(32-48)44-11-4-9-42(30-44)38-23-27-56-28-24-38/h1-18,20-27,29-36,40,56H,19,28H2. The number of dihydropyridines is 1. The predicted octanol–water partition coefficient (Wildman–Crippen LogP) is 13.4. The van der Waals surface area contributed by atoms with E-state index in [1.54, 1.807) is 0 Å². The highest BCUT2D eigenvalue weighted by atomic mass is 14.8. The van der Waals surface area contributed by atoms with Crippen molar-refractivity contribution >= 4 is 22.8 Å². The molecule has 6 aromatic carbocycles. The molecule has 10 rings (SSSR count). The SMILES string of the molecule is C1=CC(c2cccc(-c3cccc(-c4cc(C5=CCC6C=Cc7ccccc7C6=C5)cc(-c5cccc(-c6cccc(-c7ccncc7)c6)c5)c4)c3)c2)=CCN1. The van der Waals surface area contributed by atoms with Crippen LogP contribution in [0.5, 0.6) is 0 Å². The fourth-order valence-corrected chi connectivity index (χ4v) is 8.35. The monoisotopic (exact) mass is 716 g/mol. The number of allylic oxidation sites excluding steroid dienone is 7. The molecule has 0 radical (unpaired) electrons. The number of nitrogens with one attached hydrogen (secondary N) is 1. The number of hydrogen-bond donors (Lipinski definition) is 1. The minimum absolute atomic E-state index is 0.402. The second-order valence-electron chi connectivity index (χ2n) is 14.8. The maximum atomic E-state index is 4.22. The van der Waals surface area contributed by atoms with E-state index in [9.17, 15) is 0 Å². The predicted molar refractivity (Wildman–Crippen MR) is 236 cm³/mol. The second kappa shape index (κ2) is 14.7. The van der Waals surface area contributed by atoms with Gasteiger partial charge in [0.25, 0.3) is 0 Å². The van der Waals surface area contributed by atoms with E-state index in [0.29, 0.717) is 5.92 Å². The number of pyridine rings is 1. The van der Waals surface area contributed by atoms with Crippen molar-refractivity contribution in [2.24, 2.45) is 5.92 Å². The van der Waals surface area contributed by atoms with Crippen molar-refractivity contribution < 1.29 is 0 Å². The Kier molecular flexibility index (Phi) is 8.78. The van der Waals surface area contributed by atoms with Gasteiger partial charge in [0.15, 0.2) is 0 Å². The highest BCUT2D eigenvalue weighted by molar-refractivity contribution is 5.93. The highest BCUT2D eigenvalue weighted by Gasteiger charge is 2.23. The lowest BCUT2D eigenvalue weighted by molar-refractivity contribution is 0.845. The molecule has 1 N–H and O–H groups in total. The Morgan fingerprint density at radius 1 is 0.446 bits per heavy atom. The molecule has 1 atom stereocenters. The Hall–Kier alpha value is -7.03. The third-order valence-electron chi connectivity index (χ3n) is 11.3. The molecular formula is C54H40N2. The van der Waals surface area contributed by atoms with E-state index in [0.717, 1.165) is 18.5 Å². The zero-order valence-corrected chi connectivity index (χ0v) is 31.1. The van der Waals surface area contributed by atoms with Crippen LogP contribution in [0.3, 0.4) is 0 Å². The average Bonchev–Trinajstić information content (AvgIpc) is 3.29. The van der Waals surface area contributed by atoms with Gasteiger partial charge in [-0.2, -0.15) is 0 Å². The van der Waals surface area contributed by atoms with Gasteiger partial charge >= 0.3 is 0 Å². The van der Waals surface area contributed by atoms with Gasteiger partial charge in [-0.05, 0) is 168 Å². The topological polar surface area (TPSA) is 24.9 Å². The molecule has 266 valence electrons. The lowest BCUT2D eigenvalue weighted by Crippen LogP contribution is -2.09. The molecule has 56 heavy (non-hydrogen) atoms. The quantitative estimate of drug-likeness (QED) is 0.178. The highest BCUT2D eigenvalue weighted by Crippen LogP contribution is 2.43. The zero-order chi connectivity index (χ0) is 37.3. The van der Waals surface area contributed by atoms with E-state index in [1.165, 1.54) is 89.0 Å². The van der Waals surface area contributed by atoms with E-state index >= 15 is 0 Å². The molecule has 1 aromatic heterocycles. The van der Waals surface area contributed by atoms with Crippen LogP contribution in [0, 0.1) is 5.92 Å². The summed E-state index contributed by atoms with van der Waals surface area (Å²) in [5.74, 6) is 0.402. The van der Waals surface area contributed by atoms with Gasteiger partial charge < -0.3 is 5.32 Å². The first-order valence-corrected chi connectivity index (χ1v) is 19.5. The van der Waals surface area contributed by atoms with E-state index in [2.05, 4.69) is 198 Å². The van der Waals surface area contributed by atoms with Crippen molar-refractivity contribution in [3.8, 4) is 55.6 Å². The van der Waals surface area contributed by atoms with Gasteiger partial charge in [-0.3, -0.25) is 4.98 Å². The molecule has 0 spiro atoms. The van der Waals surface area contributed by atoms with Crippen LogP contribution >= 0.6 is 0 Å². The van der Waals surface area contributed by atoms with Crippen LogP contribution in [0.15, 0.2) is 201 Å². The third kappa shape index (κ3) is 6.67. The summed E-state index contributed by atoms with van der Waals surface area (Å²) in [5.41, 5.74) is 21.0. The smallest absolute Gasteiger partial charge is 0.0334 e. The van der Waals surface area contributed by atoms with Crippen LogP contribution in [-0.4, -0.2) is 11.5 Å². The molecule has 0 saturated heterocycles. The van der Waals surface area contributed by atoms with Gasteiger partial charge in [-0.25, -0.2) is 0 Å². The molecule has 2 nitrogen and oxygen atoms in total. The van der Waals surface area contributed by atoms with Crippen molar-refractivity contribution in [1.29, 1.82) is 0 Å². The fraction of sp³-hybridized carbons (Fsp3) is 0.0556. The fourth-order valence-electron chi connectivity index (χ4n) is 8.35. The summed E-state index contributed by atoms with van der Waals surface area (Å²) in [5, 5.41) is 3.27. The first kappa shape index (κ1) is 33.5. The largest absolute Gasteiger partial charge is 0.387 e. The number of nitrogens with zero attached hydrogens (tertiary/aromatic N) is 1. The van der Waals surface area contributed by atoms with Crippen LogP contribution in [0.2, 0.25) is 0 Å². The summed E-state index contributed by atoms with van der Waals surface area (Å²) in [6.45, 7) is 0.849. The molecule has 1 aliphatic heterocycles. The first-order chi connectivity index (χ1) is 27.7. The van der Waals surface area contributed by atoms with Crippen molar-refractivity contribution in [3.05, 3.63) is 223 Å². The molecule has 1 unspecified atom stereocenters. The lowest BCUT2D eigenvalue weighted by atomic mass is 9.77. The maximum absolute atomic E-state index is 4.22. The Morgan fingerprint density at radius 2 is 0.982 bits per heavy atom. The zero-order valence-electron chi connectivity index (χ0n) is 31.1.